The molecule has 0 amide bonds. The lowest BCUT2D eigenvalue weighted by molar-refractivity contribution is 0.0947. The fourth-order valence-electron chi connectivity index (χ4n) is 2.33. The Bertz CT molecular complexity index is 413. The van der Waals surface area contributed by atoms with Crippen molar-refractivity contribution in [2.45, 2.75) is 39.2 Å². The minimum absolute atomic E-state index is 0.240. The number of nitrogens with zero attached hydrogens (tertiary/aromatic N) is 2. The van der Waals surface area contributed by atoms with Crippen LogP contribution in [0.3, 0.4) is 0 Å². The third-order valence-corrected chi connectivity index (χ3v) is 4.94. The van der Waals surface area contributed by atoms with Gasteiger partial charge in [-0.1, -0.05) is 6.92 Å². The van der Waals surface area contributed by atoms with Crippen LogP contribution in [0, 0.1) is 5.92 Å². The smallest absolute Gasteiger partial charge is 0.182 e. The molecule has 0 atom stereocenters. The summed E-state index contributed by atoms with van der Waals surface area (Å²) >= 11 is 5.44. The topological polar surface area (TPSA) is 34.9 Å². The molecule has 0 bridgehead atoms. The van der Waals surface area contributed by atoms with Gasteiger partial charge in [0.15, 0.2) is 5.78 Å². The molecule has 0 aromatic carbocycles. The van der Waals surface area contributed by atoms with Crippen molar-refractivity contribution in [1.82, 2.24) is 9.78 Å². The molecule has 0 unspecified atom stereocenters. The molecule has 5 heteroatoms. The minimum Gasteiger partial charge on any atom is -0.292 e. The summed E-state index contributed by atoms with van der Waals surface area (Å²) in [6, 6.07) is 0. The second-order valence-electron chi connectivity index (χ2n) is 4.75. The largest absolute Gasteiger partial charge is 0.292 e. The summed E-state index contributed by atoms with van der Waals surface area (Å²) in [5.74, 6) is 3.21. The quantitative estimate of drug-likeness (QED) is 0.771. The summed E-state index contributed by atoms with van der Waals surface area (Å²) in [7, 11) is 0. The maximum atomic E-state index is 12.4. The first-order chi connectivity index (χ1) is 8.72. The predicted octanol–water partition coefficient (Wildman–Crippen LogP) is 3.77. The summed E-state index contributed by atoms with van der Waals surface area (Å²) in [5.41, 5.74) is 0.759. The molecule has 100 valence electrons. The average molecular weight is 331 g/mol. The van der Waals surface area contributed by atoms with E-state index < -0.39 is 0 Å². The van der Waals surface area contributed by atoms with Crippen LogP contribution in [0.5, 0.6) is 0 Å². The SMILES string of the molecule is CCCn1ncc(Br)c1C(=O)CC1CCSCC1. The van der Waals surface area contributed by atoms with Gasteiger partial charge in [0.25, 0.3) is 0 Å². The zero-order chi connectivity index (χ0) is 13.0. The summed E-state index contributed by atoms with van der Waals surface area (Å²) in [6.45, 7) is 2.91. The molecule has 1 aromatic heterocycles. The van der Waals surface area contributed by atoms with Gasteiger partial charge < -0.3 is 0 Å². The van der Waals surface area contributed by atoms with Crippen LogP contribution in [-0.2, 0) is 6.54 Å². The van der Waals surface area contributed by atoms with Crippen LogP contribution in [0.4, 0.5) is 0 Å². The number of aromatic nitrogens is 2. The summed E-state index contributed by atoms with van der Waals surface area (Å²) in [5, 5.41) is 4.26. The van der Waals surface area contributed by atoms with E-state index in [1.54, 1.807) is 6.20 Å². The van der Waals surface area contributed by atoms with Gasteiger partial charge in [-0.15, -0.1) is 0 Å². The molecule has 18 heavy (non-hydrogen) atoms. The Morgan fingerprint density at radius 3 is 2.94 bits per heavy atom. The first-order valence-electron chi connectivity index (χ1n) is 6.54. The van der Waals surface area contributed by atoms with Gasteiger partial charge >= 0.3 is 0 Å². The molecule has 0 radical (unpaired) electrons. The van der Waals surface area contributed by atoms with Crippen LogP contribution in [-0.4, -0.2) is 27.1 Å². The summed E-state index contributed by atoms with van der Waals surface area (Å²) < 4.78 is 2.68. The normalized spacial score (nSPS) is 17.0. The van der Waals surface area contributed by atoms with Gasteiger partial charge in [-0.25, -0.2) is 0 Å². The molecule has 1 saturated heterocycles. The molecule has 0 saturated carbocycles. The fraction of sp³-hybridized carbons (Fsp3) is 0.692. The molecule has 1 fully saturated rings. The van der Waals surface area contributed by atoms with Gasteiger partial charge in [0.05, 0.1) is 10.7 Å². The Hall–Kier alpha value is -0.290. The number of carbonyl (C=O) groups excluding carboxylic acids is 1. The molecule has 3 nitrogen and oxygen atoms in total. The number of hydrogen-bond acceptors (Lipinski definition) is 3. The number of rotatable bonds is 5. The highest BCUT2D eigenvalue weighted by atomic mass is 79.9. The fourth-order valence-corrected chi connectivity index (χ4v) is 4.05. The average Bonchev–Trinajstić information content (AvgIpc) is 2.72. The Morgan fingerprint density at radius 1 is 1.56 bits per heavy atom. The van der Waals surface area contributed by atoms with Crippen LogP contribution in [0.15, 0.2) is 10.7 Å². The van der Waals surface area contributed by atoms with Crippen molar-refractivity contribution in [2.24, 2.45) is 5.92 Å². The van der Waals surface area contributed by atoms with Crippen molar-refractivity contribution in [2.75, 3.05) is 11.5 Å². The van der Waals surface area contributed by atoms with Gasteiger partial charge in [0, 0.05) is 13.0 Å². The number of ketones is 1. The molecule has 1 aliphatic rings. The van der Waals surface area contributed by atoms with Crippen molar-refractivity contribution in [3.8, 4) is 0 Å². The van der Waals surface area contributed by atoms with Crippen LogP contribution in [0.25, 0.3) is 0 Å². The third kappa shape index (κ3) is 3.38. The second-order valence-corrected chi connectivity index (χ2v) is 6.83. The third-order valence-electron chi connectivity index (χ3n) is 3.31. The number of aryl methyl sites for hydroxylation is 1. The molecule has 1 aromatic rings. The van der Waals surface area contributed by atoms with E-state index in [4.69, 9.17) is 0 Å². The van der Waals surface area contributed by atoms with E-state index in [0.29, 0.717) is 12.3 Å². The first-order valence-corrected chi connectivity index (χ1v) is 8.49. The van der Waals surface area contributed by atoms with Crippen molar-refractivity contribution in [3.05, 3.63) is 16.4 Å². The van der Waals surface area contributed by atoms with E-state index >= 15 is 0 Å². The van der Waals surface area contributed by atoms with Crippen LogP contribution in [0.1, 0.15) is 43.1 Å². The Morgan fingerprint density at radius 2 is 2.28 bits per heavy atom. The lowest BCUT2D eigenvalue weighted by Crippen LogP contribution is -2.17. The number of hydrogen-bond donors (Lipinski definition) is 0. The highest BCUT2D eigenvalue weighted by Crippen LogP contribution is 2.28. The van der Waals surface area contributed by atoms with Crippen LogP contribution >= 0.6 is 27.7 Å². The highest BCUT2D eigenvalue weighted by molar-refractivity contribution is 9.10. The molecule has 0 N–H and O–H groups in total. The number of thioether (sulfide) groups is 1. The van der Waals surface area contributed by atoms with Crippen molar-refractivity contribution in [3.63, 3.8) is 0 Å². The van der Waals surface area contributed by atoms with Crippen molar-refractivity contribution >= 4 is 33.5 Å². The number of halogens is 1. The first kappa shape index (κ1) is 14.1. The maximum Gasteiger partial charge on any atom is 0.182 e. The Balaban J connectivity index is 2.05. The van der Waals surface area contributed by atoms with Gasteiger partial charge in [0.1, 0.15) is 5.69 Å². The second kappa shape index (κ2) is 6.75. The lowest BCUT2D eigenvalue weighted by Gasteiger charge is -2.20. The van der Waals surface area contributed by atoms with E-state index in [0.717, 1.165) is 23.1 Å². The van der Waals surface area contributed by atoms with Crippen molar-refractivity contribution in [1.29, 1.82) is 0 Å². The summed E-state index contributed by atoms with van der Waals surface area (Å²) in [4.78, 5) is 12.4. The van der Waals surface area contributed by atoms with E-state index in [9.17, 15) is 4.79 Å². The molecular formula is C13H19BrN2OS. The maximum absolute atomic E-state index is 12.4. The van der Waals surface area contributed by atoms with E-state index in [-0.39, 0.29) is 5.78 Å². The number of Topliss-reactive ketones (excluding diaryl/α,β-unsaturated/α-hetero) is 1. The molecule has 0 spiro atoms. The van der Waals surface area contributed by atoms with E-state index in [1.165, 1.54) is 24.3 Å². The zero-order valence-corrected chi connectivity index (χ0v) is 13.1. The number of carbonyl (C=O) groups is 1. The standard InChI is InChI=1S/C13H19BrN2OS/c1-2-5-16-13(11(14)9-15-16)12(17)8-10-3-6-18-7-4-10/h9-10H,2-8H2,1H3. The monoisotopic (exact) mass is 330 g/mol. The Kier molecular flexibility index (Phi) is 5.30. The highest BCUT2D eigenvalue weighted by Gasteiger charge is 2.22. The molecule has 0 aliphatic carbocycles. The molecular weight excluding hydrogens is 312 g/mol. The van der Waals surface area contributed by atoms with E-state index in [2.05, 4.69) is 28.0 Å². The van der Waals surface area contributed by atoms with Crippen LogP contribution in [0.2, 0.25) is 0 Å². The van der Waals surface area contributed by atoms with Crippen LogP contribution < -0.4 is 0 Å². The lowest BCUT2D eigenvalue weighted by atomic mass is 9.95. The zero-order valence-electron chi connectivity index (χ0n) is 10.7. The molecule has 1 aliphatic heterocycles. The van der Waals surface area contributed by atoms with Gasteiger partial charge in [-0.3, -0.25) is 9.48 Å². The van der Waals surface area contributed by atoms with Gasteiger partial charge in [-0.2, -0.15) is 16.9 Å². The van der Waals surface area contributed by atoms with Crippen molar-refractivity contribution < 1.29 is 4.79 Å². The minimum atomic E-state index is 0.240. The van der Waals surface area contributed by atoms with Gasteiger partial charge in [-0.05, 0) is 52.6 Å². The van der Waals surface area contributed by atoms with Gasteiger partial charge in [0.2, 0.25) is 0 Å². The summed E-state index contributed by atoms with van der Waals surface area (Å²) in [6.07, 6.45) is 5.76. The predicted molar refractivity (Wildman–Crippen MR) is 79.2 cm³/mol. The Labute approximate surface area is 121 Å². The molecule has 2 heterocycles. The molecule has 2 rings (SSSR count). The van der Waals surface area contributed by atoms with E-state index in [1.807, 2.05) is 16.4 Å².